The largest absolute Gasteiger partial charge is 0.493 e. The van der Waals surface area contributed by atoms with Gasteiger partial charge in [-0.1, -0.05) is 54.6 Å². The number of benzene rings is 3. The molecule has 7 nitrogen and oxygen atoms in total. The monoisotopic (exact) mass is 607 g/mol. The molecule has 5 aromatic rings. The molecule has 0 atom stereocenters. The smallest absolute Gasteiger partial charge is 0.227 e. The summed E-state index contributed by atoms with van der Waals surface area (Å²) in [5.74, 6) is 1.22. The summed E-state index contributed by atoms with van der Waals surface area (Å²) in [6, 6.07) is 30.7. The van der Waals surface area contributed by atoms with Gasteiger partial charge in [-0.15, -0.1) is 23.1 Å². The van der Waals surface area contributed by atoms with Crippen molar-refractivity contribution in [1.29, 1.82) is 5.26 Å². The number of ether oxygens (including phenoxy) is 1. The number of nitrogens with one attached hydrogen (secondary N) is 1. The van der Waals surface area contributed by atoms with E-state index < -0.39 is 0 Å². The zero-order valence-electron chi connectivity index (χ0n) is 24.2. The summed E-state index contributed by atoms with van der Waals surface area (Å²) in [4.78, 5) is 12.4. The molecule has 0 saturated heterocycles. The van der Waals surface area contributed by atoms with Crippen molar-refractivity contribution in [2.45, 2.75) is 10.6 Å². The van der Waals surface area contributed by atoms with Gasteiger partial charge >= 0.3 is 0 Å². The molecule has 5 rings (SSSR count). The van der Waals surface area contributed by atoms with E-state index in [9.17, 15) is 5.26 Å². The van der Waals surface area contributed by atoms with Crippen molar-refractivity contribution in [1.82, 2.24) is 14.9 Å². The Bertz CT molecular complexity index is 1700. The van der Waals surface area contributed by atoms with Gasteiger partial charge in [0.25, 0.3) is 0 Å². The van der Waals surface area contributed by atoms with Crippen LogP contribution in [-0.4, -0.2) is 59.6 Å². The number of aliphatic hydroxyl groups is 1. The Morgan fingerprint density at radius 1 is 0.977 bits per heavy atom. The summed E-state index contributed by atoms with van der Waals surface area (Å²) >= 11 is 3.15. The van der Waals surface area contributed by atoms with Gasteiger partial charge in [-0.3, -0.25) is 0 Å². The van der Waals surface area contributed by atoms with Crippen LogP contribution in [0.2, 0.25) is 0 Å². The number of nitriles is 1. The van der Waals surface area contributed by atoms with Crippen LogP contribution in [0, 0.1) is 11.3 Å². The quantitative estimate of drug-likeness (QED) is 0.105. The van der Waals surface area contributed by atoms with Gasteiger partial charge in [-0.05, 0) is 60.7 Å². The Hall–Kier alpha value is -4.20. The van der Waals surface area contributed by atoms with E-state index in [1.807, 2.05) is 67.9 Å². The van der Waals surface area contributed by atoms with E-state index in [0.717, 1.165) is 61.4 Å². The molecule has 218 valence electrons. The van der Waals surface area contributed by atoms with Crippen LogP contribution in [0.1, 0.15) is 12.0 Å². The lowest BCUT2D eigenvalue weighted by Crippen LogP contribution is -2.24. The number of hydrogen-bond acceptors (Lipinski definition) is 9. The van der Waals surface area contributed by atoms with Gasteiger partial charge in [0, 0.05) is 36.6 Å². The molecule has 43 heavy (non-hydrogen) atoms. The van der Waals surface area contributed by atoms with Gasteiger partial charge in [0.1, 0.15) is 11.8 Å². The summed E-state index contributed by atoms with van der Waals surface area (Å²) in [7, 11) is 1.98. The van der Waals surface area contributed by atoms with E-state index >= 15 is 0 Å². The van der Waals surface area contributed by atoms with E-state index in [2.05, 4.69) is 51.6 Å². The zero-order valence-corrected chi connectivity index (χ0v) is 25.8. The Labute approximate surface area is 260 Å². The molecule has 0 fully saturated rings. The first-order valence-corrected chi connectivity index (χ1v) is 16.0. The molecule has 0 aliphatic heterocycles. The van der Waals surface area contributed by atoms with Gasteiger partial charge in [0.2, 0.25) is 5.95 Å². The van der Waals surface area contributed by atoms with E-state index in [0.29, 0.717) is 24.7 Å². The first-order chi connectivity index (χ1) is 21.1. The first-order valence-electron chi connectivity index (χ1n) is 14.0. The number of likely N-dealkylation sites (N-methyl/N-ethyl adjacent to an activating group) is 1. The molecule has 0 spiro atoms. The molecular weight excluding hydrogens is 575 g/mol. The molecule has 0 unspecified atom stereocenters. The van der Waals surface area contributed by atoms with Crippen molar-refractivity contribution in [2.24, 2.45) is 0 Å². The summed E-state index contributed by atoms with van der Waals surface area (Å²) in [5, 5.41) is 22.6. The average Bonchev–Trinajstić information content (AvgIpc) is 3.43. The van der Waals surface area contributed by atoms with Crippen molar-refractivity contribution in [3.8, 4) is 44.6 Å². The van der Waals surface area contributed by atoms with Gasteiger partial charge < -0.3 is 20.1 Å². The van der Waals surface area contributed by atoms with Crippen LogP contribution in [0.25, 0.3) is 32.8 Å². The molecule has 2 aromatic heterocycles. The van der Waals surface area contributed by atoms with Crippen LogP contribution < -0.4 is 10.1 Å². The topological polar surface area (TPSA) is 94.3 Å². The highest BCUT2D eigenvalue weighted by Gasteiger charge is 2.22. The molecule has 3 aromatic carbocycles. The third-order valence-corrected chi connectivity index (χ3v) is 9.18. The van der Waals surface area contributed by atoms with E-state index in [1.54, 1.807) is 29.3 Å². The lowest BCUT2D eigenvalue weighted by Gasteiger charge is -2.15. The standard InChI is InChI=1S/C34H33N5O2S2/c1-39(18-19-40)17-8-20-41-28-14-7-13-27(22-28)37-34-36-16-15-30(38-34)32-31(29(23-35)33(42-2)43-32)26-12-6-11-25(21-26)24-9-4-3-5-10-24/h3-7,9-16,21-22,40H,8,17-20H2,1-2H3,(H,36,37,38). The Morgan fingerprint density at radius 2 is 1.77 bits per heavy atom. The SMILES string of the molecule is CSc1sc(-c2ccnc(Nc3cccc(OCCCN(C)CCO)c3)n2)c(-c2cccc(-c3ccccc3)c2)c1C#N. The van der Waals surface area contributed by atoms with Crippen LogP contribution >= 0.6 is 23.1 Å². The normalized spacial score (nSPS) is 11.0. The third kappa shape index (κ3) is 7.61. The highest BCUT2D eigenvalue weighted by atomic mass is 32.2. The molecule has 0 bridgehead atoms. The maximum Gasteiger partial charge on any atom is 0.227 e. The number of nitrogens with zero attached hydrogens (tertiary/aromatic N) is 4. The fraction of sp³-hybridized carbons (Fsp3) is 0.206. The molecule has 0 radical (unpaired) electrons. The second-order valence-corrected chi connectivity index (χ2v) is 12.0. The van der Waals surface area contributed by atoms with E-state index in [4.69, 9.17) is 14.8 Å². The van der Waals surface area contributed by atoms with E-state index in [-0.39, 0.29) is 6.61 Å². The molecule has 2 heterocycles. The number of thioether (sulfide) groups is 1. The van der Waals surface area contributed by atoms with Gasteiger partial charge in [-0.2, -0.15) is 5.26 Å². The van der Waals surface area contributed by atoms with E-state index in [1.165, 1.54) is 0 Å². The highest BCUT2D eigenvalue weighted by Crippen LogP contribution is 2.46. The van der Waals surface area contributed by atoms with Crippen LogP contribution in [-0.2, 0) is 0 Å². The van der Waals surface area contributed by atoms with Crippen LogP contribution in [0.15, 0.2) is 95.3 Å². The van der Waals surface area contributed by atoms with Crippen LogP contribution in [0.5, 0.6) is 5.75 Å². The maximum atomic E-state index is 10.2. The molecule has 2 N–H and O–H groups in total. The van der Waals surface area contributed by atoms with Gasteiger partial charge in [0.05, 0.1) is 33.6 Å². The molecular formula is C34H33N5O2S2. The van der Waals surface area contributed by atoms with Crippen molar-refractivity contribution in [3.05, 3.63) is 96.7 Å². The van der Waals surface area contributed by atoms with Crippen molar-refractivity contribution in [3.63, 3.8) is 0 Å². The van der Waals surface area contributed by atoms with Crippen LogP contribution in [0.4, 0.5) is 11.6 Å². The summed E-state index contributed by atoms with van der Waals surface area (Å²) in [6.45, 7) is 2.24. The minimum absolute atomic E-state index is 0.155. The minimum atomic E-state index is 0.155. The third-order valence-electron chi connectivity index (χ3n) is 6.84. The van der Waals surface area contributed by atoms with Crippen molar-refractivity contribution >= 4 is 34.7 Å². The second kappa shape index (κ2) is 14.8. The number of hydrogen-bond donors (Lipinski definition) is 2. The fourth-order valence-electron chi connectivity index (χ4n) is 4.74. The Kier molecular flexibility index (Phi) is 10.4. The zero-order chi connectivity index (χ0) is 30.0. The molecule has 9 heteroatoms. The minimum Gasteiger partial charge on any atom is -0.493 e. The van der Waals surface area contributed by atoms with Crippen LogP contribution in [0.3, 0.4) is 0 Å². The molecule has 0 saturated carbocycles. The van der Waals surface area contributed by atoms with Crippen molar-refractivity contribution in [2.75, 3.05) is 44.9 Å². The molecule has 0 aliphatic rings. The summed E-state index contributed by atoms with van der Waals surface area (Å²) in [6.07, 6.45) is 4.60. The fourth-order valence-corrected chi connectivity index (χ4v) is 6.65. The molecule has 0 amide bonds. The number of rotatable bonds is 13. The predicted octanol–water partition coefficient (Wildman–Crippen LogP) is 7.57. The lowest BCUT2D eigenvalue weighted by atomic mass is 9.96. The molecule has 0 aliphatic carbocycles. The number of aliphatic hydroxyl groups excluding tert-OH is 1. The highest BCUT2D eigenvalue weighted by molar-refractivity contribution is 8.00. The lowest BCUT2D eigenvalue weighted by molar-refractivity contribution is 0.207. The number of anilines is 2. The average molecular weight is 608 g/mol. The first kappa shape index (κ1) is 30.3. The maximum absolute atomic E-state index is 10.2. The predicted molar refractivity (Wildman–Crippen MR) is 177 cm³/mol. The van der Waals surface area contributed by atoms with Crippen molar-refractivity contribution < 1.29 is 9.84 Å². The number of thiophene rings is 1. The Morgan fingerprint density at radius 3 is 2.56 bits per heavy atom. The number of aromatic nitrogens is 2. The summed E-state index contributed by atoms with van der Waals surface area (Å²) in [5.41, 5.74) is 6.31. The second-order valence-electron chi connectivity index (χ2n) is 9.88. The van der Waals surface area contributed by atoms with Gasteiger partial charge in [0.15, 0.2) is 0 Å². The summed E-state index contributed by atoms with van der Waals surface area (Å²) < 4.78 is 6.91. The van der Waals surface area contributed by atoms with Gasteiger partial charge in [-0.25, -0.2) is 9.97 Å². The Balaban J connectivity index is 1.40.